The number of nitrogens with two attached hydrogens (primary N) is 1. The molecule has 0 aliphatic carbocycles. The van der Waals surface area contributed by atoms with Crippen molar-refractivity contribution in [2.24, 2.45) is 5.73 Å². The Morgan fingerprint density at radius 1 is 1.00 bits per heavy atom. The molecule has 0 bridgehead atoms. The van der Waals surface area contributed by atoms with E-state index in [1.807, 2.05) is 12.1 Å². The van der Waals surface area contributed by atoms with Crippen molar-refractivity contribution in [2.75, 3.05) is 5.32 Å². The van der Waals surface area contributed by atoms with Crippen LogP contribution >= 0.6 is 0 Å². The number of primary amides is 1. The summed E-state index contributed by atoms with van der Waals surface area (Å²) in [6.45, 7) is 0. The number of para-hydroxylation sites is 2. The van der Waals surface area contributed by atoms with E-state index in [2.05, 4.69) is 5.32 Å². The topological polar surface area (TPSA) is 92.4 Å². The first-order valence-electron chi connectivity index (χ1n) is 6.24. The summed E-state index contributed by atoms with van der Waals surface area (Å²) in [6, 6.07) is 13.8. The van der Waals surface area contributed by atoms with E-state index in [1.54, 1.807) is 36.4 Å². The van der Waals surface area contributed by atoms with Gasteiger partial charge in [-0.15, -0.1) is 0 Å². The molecule has 0 spiro atoms. The van der Waals surface area contributed by atoms with E-state index in [0.717, 1.165) is 5.56 Å². The SMILES string of the molecule is NC(=O)/C=C/c1ccccc1Nc1ccccc1C(=O)O. The van der Waals surface area contributed by atoms with E-state index < -0.39 is 11.9 Å². The minimum absolute atomic E-state index is 0.172. The van der Waals surface area contributed by atoms with Gasteiger partial charge < -0.3 is 16.2 Å². The fourth-order valence-corrected chi connectivity index (χ4v) is 1.85. The average molecular weight is 282 g/mol. The maximum Gasteiger partial charge on any atom is 0.337 e. The molecule has 2 rings (SSSR count). The fourth-order valence-electron chi connectivity index (χ4n) is 1.85. The lowest BCUT2D eigenvalue weighted by molar-refractivity contribution is -0.113. The quantitative estimate of drug-likeness (QED) is 0.735. The van der Waals surface area contributed by atoms with Crippen LogP contribution in [0.3, 0.4) is 0 Å². The minimum Gasteiger partial charge on any atom is -0.478 e. The van der Waals surface area contributed by atoms with Crippen molar-refractivity contribution in [3.05, 3.63) is 65.7 Å². The van der Waals surface area contributed by atoms with Crippen LogP contribution in [0.2, 0.25) is 0 Å². The first kappa shape index (κ1) is 14.3. The van der Waals surface area contributed by atoms with Crippen LogP contribution in [0.5, 0.6) is 0 Å². The molecule has 0 atom stereocenters. The predicted octanol–water partition coefficient (Wildman–Crippen LogP) is 2.63. The van der Waals surface area contributed by atoms with Crippen molar-refractivity contribution >= 4 is 29.3 Å². The van der Waals surface area contributed by atoms with Crippen molar-refractivity contribution in [1.82, 2.24) is 0 Å². The molecule has 0 saturated carbocycles. The van der Waals surface area contributed by atoms with E-state index >= 15 is 0 Å². The van der Waals surface area contributed by atoms with Crippen molar-refractivity contribution in [3.63, 3.8) is 0 Å². The second-order valence-electron chi connectivity index (χ2n) is 4.30. The average Bonchev–Trinajstić information content (AvgIpc) is 2.46. The van der Waals surface area contributed by atoms with Crippen molar-refractivity contribution in [1.29, 1.82) is 0 Å². The van der Waals surface area contributed by atoms with E-state index in [1.165, 1.54) is 12.1 Å². The van der Waals surface area contributed by atoms with Crippen LogP contribution in [0.1, 0.15) is 15.9 Å². The van der Waals surface area contributed by atoms with Gasteiger partial charge in [0.25, 0.3) is 0 Å². The molecule has 1 amide bonds. The zero-order valence-corrected chi connectivity index (χ0v) is 11.1. The number of benzene rings is 2. The molecule has 5 heteroatoms. The van der Waals surface area contributed by atoms with Crippen LogP contribution in [0.25, 0.3) is 6.08 Å². The second kappa shape index (κ2) is 6.38. The van der Waals surface area contributed by atoms with Gasteiger partial charge in [0, 0.05) is 11.8 Å². The number of carbonyl (C=O) groups excluding carboxylic acids is 1. The number of carboxylic acids is 1. The highest BCUT2D eigenvalue weighted by Gasteiger charge is 2.09. The number of anilines is 2. The summed E-state index contributed by atoms with van der Waals surface area (Å²) in [5.41, 5.74) is 7.15. The zero-order chi connectivity index (χ0) is 15.2. The monoisotopic (exact) mass is 282 g/mol. The number of carbonyl (C=O) groups is 2. The lowest BCUT2D eigenvalue weighted by Gasteiger charge is -2.11. The van der Waals surface area contributed by atoms with Crippen LogP contribution in [0.15, 0.2) is 54.6 Å². The molecule has 2 aromatic carbocycles. The number of carboxylic acid groups (broad SMARTS) is 1. The molecule has 4 N–H and O–H groups in total. The first-order valence-corrected chi connectivity index (χ1v) is 6.24. The summed E-state index contributed by atoms with van der Waals surface area (Å²) in [5.74, 6) is -1.56. The highest BCUT2D eigenvalue weighted by atomic mass is 16.4. The molecule has 0 saturated heterocycles. The third-order valence-electron chi connectivity index (χ3n) is 2.81. The number of aromatic carboxylic acids is 1. The first-order chi connectivity index (χ1) is 10.1. The molecule has 0 radical (unpaired) electrons. The van der Waals surface area contributed by atoms with Gasteiger partial charge in [-0.2, -0.15) is 0 Å². The fraction of sp³-hybridized carbons (Fsp3) is 0. The van der Waals surface area contributed by atoms with Crippen LogP contribution < -0.4 is 11.1 Å². The van der Waals surface area contributed by atoms with Crippen molar-refractivity contribution < 1.29 is 14.7 Å². The third-order valence-corrected chi connectivity index (χ3v) is 2.81. The molecule has 21 heavy (non-hydrogen) atoms. The Bertz CT molecular complexity index is 708. The molecule has 106 valence electrons. The number of rotatable bonds is 5. The molecule has 0 fully saturated rings. The lowest BCUT2D eigenvalue weighted by Crippen LogP contribution is -2.05. The number of nitrogens with one attached hydrogen (secondary N) is 1. The number of hydrogen-bond donors (Lipinski definition) is 3. The van der Waals surface area contributed by atoms with Crippen molar-refractivity contribution in [3.8, 4) is 0 Å². The van der Waals surface area contributed by atoms with Gasteiger partial charge >= 0.3 is 5.97 Å². The number of hydrogen-bond acceptors (Lipinski definition) is 3. The Balaban J connectivity index is 2.37. The largest absolute Gasteiger partial charge is 0.478 e. The smallest absolute Gasteiger partial charge is 0.337 e. The summed E-state index contributed by atoms with van der Waals surface area (Å²) in [6.07, 6.45) is 2.83. The van der Waals surface area contributed by atoms with Gasteiger partial charge in [-0.05, 0) is 29.8 Å². The second-order valence-corrected chi connectivity index (χ2v) is 4.30. The van der Waals surface area contributed by atoms with Crippen LogP contribution in [0.4, 0.5) is 11.4 Å². The van der Waals surface area contributed by atoms with Gasteiger partial charge in [-0.3, -0.25) is 4.79 Å². The molecule has 5 nitrogen and oxygen atoms in total. The lowest BCUT2D eigenvalue weighted by atomic mass is 10.1. The maximum atomic E-state index is 11.2. The van der Waals surface area contributed by atoms with Gasteiger partial charge in [0.2, 0.25) is 5.91 Å². The minimum atomic E-state index is -1.01. The molecule has 0 unspecified atom stereocenters. The number of amides is 1. The summed E-state index contributed by atoms with van der Waals surface area (Å²) in [4.78, 5) is 22.0. The molecule has 0 aliphatic rings. The molecular weight excluding hydrogens is 268 g/mol. The summed E-state index contributed by atoms with van der Waals surface area (Å²) >= 11 is 0. The van der Waals surface area contributed by atoms with Crippen molar-refractivity contribution in [2.45, 2.75) is 0 Å². The van der Waals surface area contributed by atoms with Crippen LogP contribution in [-0.2, 0) is 4.79 Å². The third kappa shape index (κ3) is 3.70. The van der Waals surface area contributed by atoms with E-state index in [9.17, 15) is 14.7 Å². The van der Waals surface area contributed by atoms with Gasteiger partial charge in [0.05, 0.1) is 11.3 Å². The Morgan fingerprint density at radius 3 is 2.29 bits per heavy atom. The van der Waals surface area contributed by atoms with Crippen LogP contribution in [-0.4, -0.2) is 17.0 Å². The van der Waals surface area contributed by atoms with Gasteiger partial charge in [-0.25, -0.2) is 4.79 Å². The Hall–Kier alpha value is -3.08. The highest BCUT2D eigenvalue weighted by Crippen LogP contribution is 2.24. The van der Waals surface area contributed by atoms with E-state index in [4.69, 9.17) is 5.73 Å². The molecule has 0 aliphatic heterocycles. The van der Waals surface area contributed by atoms with Gasteiger partial charge in [-0.1, -0.05) is 30.3 Å². The van der Waals surface area contributed by atoms with E-state index in [0.29, 0.717) is 11.4 Å². The normalized spacial score (nSPS) is 10.5. The summed E-state index contributed by atoms with van der Waals surface area (Å²) in [7, 11) is 0. The van der Waals surface area contributed by atoms with Crippen LogP contribution in [0, 0.1) is 0 Å². The Morgan fingerprint density at radius 2 is 1.62 bits per heavy atom. The highest BCUT2D eigenvalue weighted by molar-refractivity contribution is 5.96. The zero-order valence-electron chi connectivity index (χ0n) is 11.1. The maximum absolute atomic E-state index is 11.2. The Kier molecular flexibility index (Phi) is 4.36. The van der Waals surface area contributed by atoms with E-state index in [-0.39, 0.29) is 5.56 Å². The standard InChI is InChI=1S/C16H14N2O3/c17-15(19)10-9-11-5-1-3-7-13(11)18-14-8-4-2-6-12(14)16(20)21/h1-10,18H,(H2,17,19)(H,20,21)/b10-9+. The predicted molar refractivity (Wildman–Crippen MR) is 81.4 cm³/mol. The molecule has 0 aromatic heterocycles. The summed E-state index contributed by atoms with van der Waals surface area (Å²) < 4.78 is 0. The van der Waals surface area contributed by atoms with Gasteiger partial charge in [0.15, 0.2) is 0 Å². The summed E-state index contributed by atoms with van der Waals surface area (Å²) in [5, 5.41) is 12.2. The molecular formula is C16H14N2O3. The molecule has 0 heterocycles. The van der Waals surface area contributed by atoms with Gasteiger partial charge in [0.1, 0.15) is 0 Å². The Labute approximate surface area is 121 Å². The molecule has 2 aromatic rings.